The lowest BCUT2D eigenvalue weighted by Gasteiger charge is -2.38. The Morgan fingerprint density at radius 1 is 1.23 bits per heavy atom. The quantitative estimate of drug-likeness (QED) is 0.824. The van der Waals surface area contributed by atoms with Crippen molar-refractivity contribution < 1.29 is 18.4 Å². The van der Waals surface area contributed by atoms with Crippen LogP contribution in [0.15, 0.2) is 18.2 Å². The van der Waals surface area contributed by atoms with E-state index in [2.05, 4.69) is 15.5 Å². The maximum atomic E-state index is 13.2. The molecule has 1 spiro atoms. The lowest BCUT2D eigenvalue weighted by molar-refractivity contribution is -0.125. The van der Waals surface area contributed by atoms with Gasteiger partial charge >= 0.3 is 6.03 Å². The molecule has 2 heterocycles. The number of hydrogen-bond donors (Lipinski definition) is 2. The number of imide groups is 1. The van der Waals surface area contributed by atoms with E-state index in [0.717, 1.165) is 19.0 Å². The fraction of sp³-hybridized carbons (Fsp3) is 0.467. The second kappa shape index (κ2) is 5.64. The number of carbonyl (C=O) groups excluding carboxylic acids is 2. The topological polar surface area (TPSA) is 61.4 Å². The van der Waals surface area contributed by atoms with Crippen LogP contribution < -0.4 is 10.6 Å². The first kappa shape index (κ1) is 14.9. The Kier molecular flexibility index (Phi) is 3.82. The van der Waals surface area contributed by atoms with Crippen molar-refractivity contribution in [2.75, 3.05) is 19.6 Å². The zero-order valence-electron chi connectivity index (χ0n) is 12.0. The van der Waals surface area contributed by atoms with Crippen LogP contribution in [0.4, 0.5) is 13.6 Å². The second-order valence-electron chi connectivity index (χ2n) is 5.87. The standard InChI is InChI=1S/C15H17F2N3O2/c16-11-3-2-10(8-12(11)17)4-7-20-6-1-5-15(9-20)13(21)18-14(22)19-15/h2-3,8H,1,4-7,9H2,(H2,18,19,21,22). The van der Waals surface area contributed by atoms with Crippen molar-refractivity contribution in [3.63, 3.8) is 0 Å². The molecule has 0 bridgehead atoms. The summed E-state index contributed by atoms with van der Waals surface area (Å²) in [7, 11) is 0. The third kappa shape index (κ3) is 2.81. The SMILES string of the molecule is O=C1NC(=O)C2(CCCN(CCc3ccc(F)c(F)c3)C2)N1. The minimum atomic E-state index is -0.856. The summed E-state index contributed by atoms with van der Waals surface area (Å²) in [5.74, 6) is -1.99. The third-order valence-corrected chi connectivity index (χ3v) is 4.29. The number of amides is 3. The molecule has 2 aliphatic heterocycles. The summed E-state index contributed by atoms with van der Waals surface area (Å²) < 4.78 is 26.1. The predicted molar refractivity (Wildman–Crippen MR) is 75.1 cm³/mol. The molecule has 2 saturated heterocycles. The lowest BCUT2D eigenvalue weighted by atomic mass is 9.89. The molecule has 3 rings (SSSR count). The van der Waals surface area contributed by atoms with Crippen molar-refractivity contribution >= 4 is 11.9 Å². The fourth-order valence-corrected chi connectivity index (χ4v) is 3.13. The molecule has 2 aliphatic rings. The number of nitrogens with one attached hydrogen (secondary N) is 2. The van der Waals surface area contributed by atoms with Crippen molar-refractivity contribution in [1.29, 1.82) is 0 Å². The zero-order chi connectivity index (χ0) is 15.7. The average Bonchev–Trinajstić information content (AvgIpc) is 2.74. The van der Waals surface area contributed by atoms with Crippen LogP contribution in [0.3, 0.4) is 0 Å². The normalized spacial score (nSPS) is 25.4. The highest BCUT2D eigenvalue weighted by Gasteiger charge is 2.48. The third-order valence-electron chi connectivity index (χ3n) is 4.29. The lowest BCUT2D eigenvalue weighted by Crippen LogP contribution is -2.58. The first-order chi connectivity index (χ1) is 10.5. The monoisotopic (exact) mass is 309 g/mol. The van der Waals surface area contributed by atoms with Crippen molar-refractivity contribution in [1.82, 2.24) is 15.5 Å². The first-order valence-electron chi connectivity index (χ1n) is 7.28. The van der Waals surface area contributed by atoms with Crippen LogP contribution in [0.1, 0.15) is 18.4 Å². The minimum Gasteiger partial charge on any atom is -0.322 e. The van der Waals surface area contributed by atoms with E-state index >= 15 is 0 Å². The molecule has 0 aromatic heterocycles. The summed E-state index contributed by atoms with van der Waals surface area (Å²) in [4.78, 5) is 25.4. The molecule has 118 valence electrons. The van der Waals surface area contributed by atoms with Crippen molar-refractivity contribution in [3.8, 4) is 0 Å². The largest absolute Gasteiger partial charge is 0.322 e. The molecule has 7 heteroatoms. The highest BCUT2D eigenvalue weighted by atomic mass is 19.2. The van der Waals surface area contributed by atoms with Gasteiger partial charge in [0.05, 0.1) is 0 Å². The molecular weight excluding hydrogens is 292 g/mol. The van der Waals surface area contributed by atoms with E-state index < -0.39 is 23.2 Å². The fourth-order valence-electron chi connectivity index (χ4n) is 3.13. The van der Waals surface area contributed by atoms with E-state index in [1.807, 2.05) is 0 Å². The van der Waals surface area contributed by atoms with Gasteiger partial charge in [-0.05, 0) is 43.5 Å². The van der Waals surface area contributed by atoms with Gasteiger partial charge in [-0.1, -0.05) is 6.07 Å². The number of carbonyl (C=O) groups is 2. The number of hydrogen-bond acceptors (Lipinski definition) is 3. The summed E-state index contributed by atoms with van der Waals surface area (Å²) in [5.41, 5.74) is -0.137. The minimum absolute atomic E-state index is 0.282. The maximum Gasteiger partial charge on any atom is 0.322 e. The number of benzene rings is 1. The van der Waals surface area contributed by atoms with E-state index in [4.69, 9.17) is 0 Å². The van der Waals surface area contributed by atoms with Gasteiger partial charge in [0.2, 0.25) is 0 Å². The maximum absolute atomic E-state index is 13.2. The molecule has 2 N–H and O–H groups in total. The summed E-state index contributed by atoms with van der Waals surface area (Å²) in [6.07, 6.45) is 1.97. The van der Waals surface area contributed by atoms with Crippen molar-refractivity contribution in [3.05, 3.63) is 35.4 Å². The number of rotatable bonds is 3. The van der Waals surface area contributed by atoms with Gasteiger partial charge in [0.25, 0.3) is 5.91 Å². The van der Waals surface area contributed by atoms with E-state index in [-0.39, 0.29) is 5.91 Å². The van der Waals surface area contributed by atoms with Crippen LogP contribution in [0.2, 0.25) is 0 Å². The summed E-state index contributed by atoms with van der Waals surface area (Å²) in [5, 5.41) is 4.99. The molecule has 0 saturated carbocycles. The van der Waals surface area contributed by atoms with Crippen molar-refractivity contribution in [2.45, 2.75) is 24.8 Å². The molecule has 2 fully saturated rings. The van der Waals surface area contributed by atoms with Crippen molar-refractivity contribution in [2.24, 2.45) is 0 Å². The highest BCUT2D eigenvalue weighted by Crippen LogP contribution is 2.24. The van der Waals surface area contributed by atoms with Gasteiger partial charge in [-0.3, -0.25) is 10.1 Å². The average molecular weight is 309 g/mol. The number of urea groups is 1. The van der Waals surface area contributed by atoms with Gasteiger partial charge in [-0.25, -0.2) is 13.6 Å². The van der Waals surface area contributed by atoms with Gasteiger partial charge in [0.15, 0.2) is 11.6 Å². The molecule has 0 aliphatic carbocycles. The molecular formula is C15H17F2N3O2. The number of likely N-dealkylation sites (tertiary alicyclic amines) is 1. The second-order valence-corrected chi connectivity index (χ2v) is 5.87. The van der Waals surface area contributed by atoms with Crippen LogP contribution in [-0.4, -0.2) is 42.0 Å². The number of nitrogens with zero attached hydrogens (tertiary/aromatic N) is 1. The van der Waals surface area contributed by atoms with E-state index in [1.165, 1.54) is 6.07 Å². The van der Waals surface area contributed by atoms with Gasteiger partial charge in [-0.15, -0.1) is 0 Å². The Labute approximate surface area is 126 Å². The van der Waals surface area contributed by atoms with Crippen LogP contribution >= 0.6 is 0 Å². The van der Waals surface area contributed by atoms with Crippen LogP contribution in [-0.2, 0) is 11.2 Å². The molecule has 3 amide bonds. The van der Waals surface area contributed by atoms with Crippen LogP contribution in [0, 0.1) is 11.6 Å². The molecule has 1 aromatic rings. The smallest absolute Gasteiger partial charge is 0.322 e. The molecule has 1 unspecified atom stereocenters. The van der Waals surface area contributed by atoms with Crippen LogP contribution in [0.25, 0.3) is 0 Å². The van der Waals surface area contributed by atoms with Gasteiger partial charge < -0.3 is 10.2 Å². The van der Waals surface area contributed by atoms with E-state index in [0.29, 0.717) is 31.5 Å². The van der Waals surface area contributed by atoms with Crippen LogP contribution in [0.5, 0.6) is 0 Å². The molecule has 22 heavy (non-hydrogen) atoms. The molecule has 1 atom stereocenters. The van der Waals surface area contributed by atoms with E-state index in [9.17, 15) is 18.4 Å². The summed E-state index contributed by atoms with van der Waals surface area (Å²) >= 11 is 0. The molecule has 5 nitrogen and oxygen atoms in total. The highest BCUT2D eigenvalue weighted by molar-refractivity contribution is 6.07. The molecule has 0 radical (unpaired) electrons. The van der Waals surface area contributed by atoms with E-state index in [1.54, 1.807) is 6.07 Å². The Morgan fingerprint density at radius 3 is 2.73 bits per heavy atom. The predicted octanol–water partition coefficient (Wildman–Crippen LogP) is 1.18. The van der Waals surface area contributed by atoms with Gasteiger partial charge in [0.1, 0.15) is 5.54 Å². The molecule has 1 aromatic carbocycles. The van der Waals surface area contributed by atoms with Gasteiger partial charge in [-0.2, -0.15) is 0 Å². The number of halogens is 2. The number of piperidine rings is 1. The Morgan fingerprint density at radius 2 is 2.05 bits per heavy atom. The van der Waals surface area contributed by atoms with Gasteiger partial charge in [0, 0.05) is 13.1 Å². The Bertz CT molecular complexity index is 623. The summed E-state index contributed by atoms with van der Waals surface area (Å²) in [6, 6.07) is 3.42. The first-order valence-corrected chi connectivity index (χ1v) is 7.28. The summed E-state index contributed by atoms with van der Waals surface area (Å²) in [6.45, 7) is 1.87. The Balaban J connectivity index is 1.62. The zero-order valence-corrected chi connectivity index (χ0v) is 12.0. The Hall–Kier alpha value is -2.02.